The van der Waals surface area contributed by atoms with Gasteiger partial charge in [0.25, 0.3) is 5.56 Å². The van der Waals surface area contributed by atoms with Gasteiger partial charge < -0.3 is 15.0 Å². The Hall–Kier alpha value is -3.97. The van der Waals surface area contributed by atoms with Gasteiger partial charge in [-0.25, -0.2) is 0 Å². The van der Waals surface area contributed by atoms with E-state index in [4.69, 9.17) is 23.2 Å². The van der Waals surface area contributed by atoms with Gasteiger partial charge in [-0.05, 0) is 64.7 Å². The first-order valence-electron chi connectivity index (χ1n) is 13.0. The average Bonchev–Trinajstić information content (AvgIpc) is 2.94. The molecule has 8 heteroatoms. The van der Waals surface area contributed by atoms with Crippen LogP contribution in [0.5, 0.6) is 0 Å². The SMILES string of the molecule is Cn1c(=O)cc(-c2cccc(Cl)c2)c2cc(C(O)(c3ccc(Cl)cc3)c3cnccc3NC(=O)C(C)(C)C)ccc21. The Morgan fingerprint density at radius 1 is 0.902 bits per heavy atom. The predicted molar refractivity (Wildman–Crippen MR) is 166 cm³/mol. The van der Waals surface area contributed by atoms with E-state index in [0.29, 0.717) is 43.5 Å². The molecule has 0 spiro atoms. The van der Waals surface area contributed by atoms with Crippen molar-refractivity contribution in [2.45, 2.75) is 26.4 Å². The zero-order valence-corrected chi connectivity index (χ0v) is 24.6. The molecule has 1 unspecified atom stereocenters. The molecular weight excluding hydrogens is 557 g/mol. The van der Waals surface area contributed by atoms with Crippen molar-refractivity contribution in [3.05, 3.63) is 128 Å². The number of benzene rings is 3. The van der Waals surface area contributed by atoms with E-state index in [1.807, 2.05) is 45.0 Å². The van der Waals surface area contributed by atoms with Crippen LogP contribution in [0.25, 0.3) is 22.0 Å². The van der Waals surface area contributed by atoms with Crippen LogP contribution >= 0.6 is 23.2 Å². The highest BCUT2D eigenvalue weighted by Crippen LogP contribution is 2.42. The van der Waals surface area contributed by atoms with E-state index < -0.39 is 11.0 Å². The Kier molecular flexibility index (Phi) is 7.51. The number of hydrogen-bond donors (Lipinski definition) is 2. The van der Waals surface area contributed by atoms with Crippen molar-refractivity contribution in [2.75, 3.05) is 5.32 Å². The molecule has 1 atom stereocenters. The van der Waals surface area contributed by atoms with Gasteiger partial charge in [0.15, 0.2) is 0 Å². The van der Waals surface area contributed by atoms with Crippen molar-refractivity contribution in [1.82, 2.24) is 9.55 Å². The van der Waals surface area contributed by atoms with E-state index in [9.17, 15) is 14.7 Å². The van der Waals surface area contributed by atoms with Crippen molar-refractivity contribution in [1.29, 1.82) is 0 Å². The molecule has 0 radical (unpaired) electrons. The number of halogens is 2. The van der Waals surface area contributed by atoms with Crippen molar-refractivity contribution in [3.63, 3.8) is 0 Å². The Morgan fingerprint density at radius 3 is 2.29 bits per heavy atom. The van der Waals surface area contributed by atoms with Crippen molar-refractivity contribution in [3.8, 4) is 11.1 Å². The number of nitrogens with zero attached hydrogens (tertiary/aromatic N) is 2. The number of anilines is 1. The second-order valence-corrected chi connectivity index (χ2v) is 11.9. The lowest BCUT2D eigenvalue weighted by Crippen LogP contribution is -2.33. The molecular formula is C33H29Cl2N3O3. The maximum Gasteiger partial charge on any atom is 0.251 e. The summed E-state index contributed by atoms with van der Waals surface area (Å²) in [5, 5.41) is 17.6. The molecule has 0 aliphatic heterocycles. The van der Waals surface area contributed by atoms with Gasteiger partial charge >= 0.3 is 0 Å². The van der Waals surface area contributed by atoms with E-state index in [1.165, 1.54) is 0 Å². The third-order valence-electron chi connectivity index (χ3n) is 7.20. The van der Waals surface area contributed by atoms with Crippen LogP contribution in [0, 0.1) is 5.41 Å². The highest BCUT2D eigenvalue weighted by Gasteiger charge is 2.37. The van der Waals surface area contributed by atoms with E-state index in [2.05, 4.69) is 10.3 Å². The highest BCUT2D eigenvalue weighted by atomic mass is 35.5. The van der Waals surface area contributed by atoms with Crippen LogP contribution in [0.2, 0.25) is 10.0 Å². The minimum atomic E-state index is -1.76. The highest BCUT2D eigenvalue weighted by molar-refractivity contribution is 6.31. The fraction of sp³-hybridized carbons (Fsp3) is 0.182. The number of amides is 1. The lowest BCUT2D eigenvalue weighted by Gasteiger charge is -2.32. The second-order valence-electron chi connectivity index (χ2n) is 11.0. The maximum absolute atomic E-state index is 13.0. The van der Waals surface area contributed by atoms with Crippen molar-refractivity contribution in [2.24, 2.45) is 12.5 Å². The summed E-state index contributed by atoms with van der Waals surface area (Å²) in [6, 6.07) is 22.9. The van der Waals surface area contributed by atoms with E-state index in [1.54, 1.807) is 78.6 Å². The van der Waals surface area contributed by atoms with Crippen LogP contribution in [-0.2, 0) is 17.4 Å². The molecule has 0 saturated heterocycles. The number of hydrogen-bond acceptors (Lipinski definition) is 4. The molecule has 208 valence electrons. The number of carbonyl (C=O) groups excluding carboxylic acids is 1. The average molecular weight is 587 g/mol. The number of rotatable bonds is 5. The summed E-state index contributed by atoms with van der Waals surface area (Å²) in [6.07, 6.45) is 3.12. The van der Waals surface area contributed by atoms with Gasteiger partial charge in [-0.15, -0.1) is 0 Å². The van der Waals surface area contributed by atoms with Crippen LogP contribution in [-0.4, -0.2) is 20.6 Å². The third kappa shape index (κ3) is 5.38. The number of pyridine rings is 2. The summed E-state index contributed by atoms with van der Waals surface area (Å²) in [5.41, 5.74) is 1.37. The lowest BCUT2D eigenvalue weighted by atomic mass is 9.79. The molecule has 2 N–H and O–H groups in total. The summed E-state index contributed by atoms with van der Waals surface area (Å²) in [7, 11) is 1.71. The Morgan fingerprint density at radius 2 is 1.61 bits per heavy atom. The summed E-state index contributed by atoms with van der Waals surface area (Å²) < 4.78 is 1.56. The van der Waals surface area contributed by atoms with E-state index >= 15 is 0 Å². The van der Waals surface area contributed by atoms with Gasteiger partial charge in [-0.3, -0.25) is 14.6 Å². The molecule has 0 bridgehead atoms. The van der Waals surface area contributed by atoms with Crippen LogP contribution < -0.4 is 10.9 Å². The molecule has 2 heterocycles. The zero-order valence-electron chi connectivity index (χ0n) is 23.1. The molecule has 2 aromatic heterocycles. The summed E-state index contributed by atoms with van der Waals surface area (Å²) >= 11 is 12.5. The maximum atomic E-state index is 13.0. The van der Waals surface area contributed by atoms with E-state index in [-0.39, 0.29) is 11.5 Å². The number of carbonyl (C=O) groups is 1. The minimum Gasteiger partial charge on any atom is -0.376 e. The molecule has 41 heavy (non-hydrogen) atoms. The fourth-order valence-corrected chi connectivity index (χ4v) is 5.17. The molecule has 0 fully saturated rings. The third-order valence-corrected chi connectivity index (χ3v) is 7.69. The topological polar surface area (TPSA) is 84.2 Å². The Balaban J connectivity index is 1.82. The van der Waals surface area contributed by atoms with Gasteiger partial charge in [0, 0.05) is 51.9 Å². The summed E-state index contributed by atoms with van der Waals surface area (Å²) in [6.45, 7) is 5.46. The first-order chi connectivity index (χ1) is 19.4. The van der Waals surface area contributed by atoms with Crippen LogP contribution in [0.1, 0.15) is 37.5 Å². The molecule has 0 aliphatic rings. The van der Waals surface area contributed by atoms with Gasteiger partial charge in [0.05, 0.1) is 11.2 Å². The van der Waals surface area contributed by atoms with Crippen LogP contribution in [0.3, 0.4) is 0 Å². The summed E-state index contributed by atoms with van der Waals surface area (Å²) in [4.78, 5) is 30.3. The minimum absolute atomic E-state index is 0.173. The van der Waals surface area contributed by atoms with Crippen molar-refractivity contribution >= 4 is 45.7 Å². The molecule has 6 nitrogen and oxygen atoms in total. The molecule has 3 aromatic carbocycles. The number of aromatic nitrogens is 2. The number of fused-ring (bicyclic) bond motifs is 1. The van der Waals surface area contributed by atoms with Gasteiger partial charge in [-0.1, -0.05) is 74.3 Å². The summed E-state index contributed by atoms with van der Waals surface area (Å²) in [5.74, 6) is -0.208. The first kappa shape index (κ1) is 28.6. The predicted octanol–water partition coefficient (Wildman–Crippen LogP) is 7.18. The number of nitrogens with one attached hydrogen (secondary N) is 1. The molecule has 1 amide bonds. The first-order valence-corrected chi connectivity index (χ1v) is 13.8. The Bertz CT molecular complexity index is 1840. The number of aliphatic hydroxyl groups is 1. The van der Waals surface area contributed by atoms with Gasteiger partial charge in [-0.2, -0.15) is 0 Å². The smallest absolute Gasteiger partial charge is 0.251 e. The monoisotopic (exact) mass is 585 g/mol. The quantitative estimate of drug-likeness (QED) is 0.229. The van der Waals surface area contributed by atoms with Crippen LogP contribution in [0.15, 0.2) is 96.1 Å². The molecule has 5 rings (SSSR count). The lowest BCUT2D eigenvalue weighted by molar-refractivity contribution is -0.123. The molecule has 0 aliphatic carbocycles. The Labute approximate surface area is 248 Å². The van der Waals surface area contributed by atoms with Gasteiger partial charge in [0.2, 0.25) is 5.91 Å². The van der Waals surface area contributed by atoms with Crippen LogP contribution in [0.4, 0.5) is 5.69 Å². The number of aryl methyl sites for hydroxylation is 1. The second kappa shape index (κ2) is 10.8. The van der Waals surface area contributed by atoms with Crippen molar-refractivity contribution < 1.29 is 9.90 Å². The van der Waals surface area contributed by atoms with E-state index in [0.717, 1.165) is 10.9 Å². The molecule has 0 saturated carbocycles. The van der Waals surface area contributed by atoms with Gasteiger partial charge in [0.1, 0.15) is 5.60 Å². The zero-order chi connectivity index (χ0) is 29.5. The molecule has 5 aromatic rings. The standard InChI is InChI=1S/C33H29Cl2N3O3/c1-32(2,3)31(40)37-28-14-15-36-19-27(28)33(41,21-8-11-23(34)12-9-21)22-10-13-29-26(17-22)25(18-30(39)38(29)4)20-6-5-7-24(35)16-20/h5-19,41H,1-4H3,(H,36,37,40). The fourth-order valence-electron chi connectivity index (χ4n) is 4.85. The normalized spacial score (nSPS) is 13.1. The largest absolute Gasteiger partial charge is 0.376 e.